The molecule has 0 fully saturated rings. The van der Waals surface area contributed by atoms with E-state index in [1.165, 1.54) is 98.0 Å². The predicted molar refractivity (Wildman–Crippen MR) is 235 cm³/mol. The molecule has 0 aliphatic carbocycles. The van der Waals surface area contributed by atoms with E-state index in [0.29, 0.717) is 0 Å². The lowest BCUT2D eigenvalue weighted by Gasteiger charge is -2.18. The molecule has 12 rings (SSSR count). The number of hydrogen-bond donors (Lipinski definition) is 0. The lowest BCUT2D eigenvalue weighted by atomic mass is 9.85. The Bertz CT molecular complexity index is 3460. The van der Waals surface area contributed by atoms with Crippen molar-refractivity contribution in [3.05, 3.63) is 194 Å². The monoisotopic (exact) mass is 696 g/mol. The van der Waals surface area contributed by atoms with Crippen molar-refractivity contribution in [2.45, 2.75) is 0 Å². The molecule has 55 heavy (non-hydrogen) atoms. The standard InChI is InChI=1S/C54H32O/c1-2-13-35-32-52-50(30-34(35)12-1)49-31-38(25-27-51(49)55-52)54-46-22-9-7-20-44(46)53(45-21-8-10-23-47(45)54)37-15-11-14-33(28-37)36-24-26-43-41-18-4-3-16-39(41)40-17-5-6-19-42(40)48(43)29-36/h1-32H. The van der Waals surface area contributed by atoms with Crippen molar-refractivity contribution < 1.29 is 4.42 Å². The Kier molecular flexibility index (Phi) is 6.40. The van der Waals surface area contributed by atoms with Gasteiger partial charge in [0.1, 0.15) is 11.2 Å². The Morgan fingerprint density at radius 1 is 0.218 bits per heavy atom. The molecule has 254 valence electrons. The van der Waals surface area contributed by atoms with E-state index in [9.17, 15) is 0 Å². The van der Waals surface area contributed by atoms with Crippen LogP contribution >= 0.6 is 0 Å². The summed E-state index contributed by atoms with van der Waals surface area (Å²) in [6.45, 7) is 0. The highest BCUT2D eigenvalue weighted by Gasteiger charge is 2.19. The quantitative estimate of drug-likeness (QED) is 0.132. The van der Waals surface area contributed by atoms with Crippen LogP contribution in [0.1, 0.15) is 0 Å². The number of benzene rings is 11. The second kappa shape index (κ2) is 11.6. The van der Waals surface area contributed by atoms with Gasteiger partial charge in [-0.2, -0.15) is 0 Å². The van der Waals surface area contributed by atoms with Crippen molar-refractivity contribution in [1.29, 1.82) is 0 Å². The minimum atomic E-state index is 0.908. The summed E-state index contributed by atoms with van der Waals surface area (Å²) in [6, 6.07) is 71.2. The molecule has 0 spiro atoms. The van der Waals surface area contributed by atoms with Gasteiger partial charge in [-0.25, -0.2) is 0 Å². The van der Waals surface area contributed by atoms with Crippen LogP contribution in [-0.4, -0.2) is 0 Å². The first-order valence-electron chi connectivity index (χ1n) is 19.0. The van der Waals surface area contributed by atoms with E-state index in [2.05, 4.69) is 194 Å². The van der Waals surface area contributed by atoms with E-state index in [0.717, 1.165) is 21.9 Å². The molecule has 0 bridgehead atoms. The Morgan fingerprint density at radius 3 is 1.25 bits per heavy atom. The Hall–Kier alpha value is -7.22. The minimum absolute atomic E-state index is 0.908. The predicted octanol–water partition coefficient (Wildman–Crippen LogP) is 15.5. The third-order valence-corrected chi connectivity index (χ3v) is 11.8. The van der Waals surface area contributed by atoms with Crippen LogP contribution < -0.4 is 0 Å². The topological polar surface area (TPSA) is 13.1 Å². The number of rotatable bonds is 3. The Balaban J connectivity index is 1.06. The third kappa shape index (κ3) is 4.54. The third-order valence-electron chi connectivity index (χ3n) is 11.8. The van der Waals surface area contributed by atoms with Gasteiger partial charge in [0.15, 0.2) is 0 Å². The Labute approximate surface area is 317 Å². The second-order valence-electron chi connectivity index (χ2n) is 14.8. The zero-order valence-corrected chi connectivity index (χ0v) is 29.9. The van der Waals surface area contributed by atoms with Gasteiger partial charge in [0.2, 0.25) is 0 Å². The van der Waals surface area contributed by atoms with E-state index < -0.39 is 0 Å². The molecule has 0 unspecified atom stereocenters. The van der Waals surface area contributed by atoms with Crippen LogP contribution in [0, 0.1) is 0 Å². The first kappa shape index (κ1) is 30.3. The average molecular weight is 697 g/mol. The zero-order chi connectivity index (χ0) is 36.0. The summed E-state index contributed by atoms with van der Waals surface area (Å²) >= 11 is 0. The number of hydrogen-bond acceptors (Lipinski definition) is 1. The molecule has 1 aromatic heterocycles. The molecule has 0 saturated carbocycles. The fourth-order valence-corrected chi connectivity index (χ4v) is 9.31. The van der Waals surface area contributed by atoms with Crippen molar-refractivity contribution in [2.24, 2.45) is 0 Å². The fraction of sp³-hybridized carbons (Fsp3) is 0. The minimum Gasteiger partial charge on any atom is -0.456 e. The zero-order valence-electron chi connectivity index (χ0n) is 29.9. The summed E-state index contributed by atoms with van der Waals surface area (Å²) in [5, 5.41) is 17.4. The molecule has 1 nitrogen and oxygen atoms in total. The van der Waals surface area contributed by atoms with Crippen molar-refractivity contribution in [1.82, 2.24) is 0 Å². The second-order valence-corrected chi connectivity index (χ2v) is 14.8. The van der Waals surface area contributed by atoms with Gasteiger partial charge in [-0.15, -0.1) is 0 Å². The highest BCUT2D eigenvalue weighted by atomic mass is 16.3. The summed E-state index contributed by atoms with van der Waals surface area (Å²) in [5.74, 6) is 0. The van der Waals surface area contributed by atoms with Crippen LogP contribution in [0.4, 0.5) is 0 Å². The molecule has 1 heterocycles. The van der Waals surface area contributed by atoms with Crippen LogP contribution in [-0.2, 0) is 0 Å². The van der Waals surface area contributed by atoms with Crippen LogP contribution in [0.5, 0.6) is 0 Å². The smallest absolute Gasteiger partial charge is 0.136 e. The summed E-state index contributed by atoms with van der Waals surface area (Å²) in [6.07, 6.45) is 0. The first-order chi connectivity index (χ1) is 27.3. The molecule has 0 saturated heterocycles. The van der Waals surface area contributed by atoms with Crippen LogP contribution in [0.2, 0.25) is 0 Å². The molecule has 0 amide bonds. The molecule has 12 aromatic rings. The molecule has 1 heteroatoms. The van der Waals surface area contributed by atoms with Crippen LogP contribution in [0.25, 0.3) is 120 Å². The van der Waals surface area contributed by atoms with Gasteiger partial charge in [-0.3, -0.25) is 0 Å². The lowest BCUT2D eigenvalue weighted by molar-refractivity contribution is 0.669. The number of furan rings is 1. The van der Waals surface area contributed by atoms with Crippen molar-refractivity contribution >= 4 is 86.6 Å². The molecule has 0 atom stereocenters. The Morgan fingerprint density at radius 2 is 0.636 bits per heavy atom. The van der Waals surface area contributed by atoms with Crippen LogP contribution in [0.3, 0.4) is 0 Å². The highest BCUT2D eigenvalue weighted by molar-refractivity contribution is 6.26. The molecule has 11 aromatic carbocycles. The molecule has 0 aliphatic rings. The van der Waals surface area contributed by atoms with E-state index >= 15 is 0 Å². The van der Waals surface area contributed by atoms with Gasteiger partial charge >= 0.3 is 0 Å². The summed E-state index contributed by atoms with van der Waals surface area (Å²) in [4.78, 5) is 0. The van der Waals surface area contributed by atoms with Crippen molar-refractivity contribution in [2.75, 3.05) is 0 Å². The van der Waals surface area contributed by atoms with Gasteiger partial charge < -0.3 is 4.42 Å². The molecule has 0 radical (unpaired) electrons. The largest absolute Gasteiger partial charge is 0.456 e. The van der Waals surface area contributed by atoms with Crippen molar-refractivity contribution in [3.8, 4) is 33.4 Å². The van der Waals surface area contributed by atoms with Gasteiger partial charge in [0.25, 0.3) is 0 Å². The van der Waals surface area contributed by atoms with E-state index in [-0.39, 0.29) is 0 Å². The van der Waals surface area contributed by atoms with Gasteiger partial charge in [0, 0.05) is 10.8 Å². The number of fused-ring (bicyclic) bond motifs is 12. The normalized spacial score (nSPS) is 12.0. The first-order valence-corrected chi connectivity index (χ1v) is 19.0. The summed E-state index contributed by atoms with van der Waals surface area (Å²) in [5.41, 5.74) is 9.16. The van der Waals surface area contributed by atoms with Gasteiger partial charge in [0.05, 0.1) is 0 Å². The van der Waals surface area contributed by atoms with E-state index in [4.69, 9.17) is 4.42 Å². The van der Waals surface area contributed by atoms with Crippen LogP contribution in [0.15, 0.2) is 199 Å². The highest BCUT2D eigenvalue weighted by Crippen LogP contribution is 2.46. The molecule has 0 aliphatic heterocycles. The fourth-order valence-electron chi connectivity index (χ4n) is 9.31. The SMILES string of the molecule is c1cc(-c2ccc3c4ccccc4c4ccccc4c3c2)cc(-c2c3ccccc3c(-c3ccc4oc5cc6ccccc6cc5c4c3)c3ccccc23)c1. The molecular weight excluding hydrogens is 665 g/mol. The van der Waals surface area contributed by atoms with Crippen molar-refractivity contribution in [3.63, 3.8) is 0 Å². The summed E-state index contributed by atoms with van der Waals surface area (Å²) < 4.78 is 6.41. The molecular formula is C54H32O. The molecule has 0 N–H and O–H groups in total. The maximum Gasteiger partial charge on any atom is 0.136 e. The maximum atomic E-state index is 6.41. The van der Waals surface area contributed by atoms with E-state index in [1.54, 1.807) is 0 Å². The average Bonchev–Trinajstić information content (AvgIpc) is 3.61. The van der Waals surface area contributed by atoms with Gasteiger partial charge in [-0.05, 0) is 134 Å². The maximum absolute atomic E-state index is 6.41. The van der Waals surface area contributed by atoms with Gasteiger partial charge in [-0.1, -0.05) is 158 Å². The summed E-state index contributed by atoms with van der Waals surface area (Å²) in [7, 11) is 0. The van der Waals surface area contributed by atoms with E-state index in [1.807, 2.05) is 0 Å². The lowest BCUT2D eigenvalue weighted by Crippen LogP contribution is -1.91.